The molecule has 180 valence electrons. The molecule has 0 spiro atoms. The average Bonchev–Trinajstić information content (AvgIpc) is 2.78. The van der Waals surface area contributed by atoms with Gasteiger partial charge in [0.05, 0.1) is 18.4 Å². The van der Waals surface area contributed by atoms with Gasteiger partial charge in [-0.1, -0.05) is 74.9 Å². The molecule has 0 fully saturated rings. The van der Waals surface area contributed by atoms with E-state index in [0.717, 1.165) is 36.1 Å². The molecular formula is C28H39NO4. The van der Waals surface area contributed by atoms with Gasteiger partial charge in [-0.3, -0.25) is 9.59 Å². The van der Waals surface area contributed by atoms with Crippen molar-refractivity contribution in [2.45, 2.75) is 65.4 Å². The van der Waals surface area contributed by atoms with Crippen LogP contribution in [0.15, 0.2) is 54.6 Å². The fourth-order valence-corrected chi connectivity index (χ4v) is 4.10. The molecule has 0 heterocycles. The molecule has 5 heteroatoms. The van der Waals surface area contributed by atoms with Crippen LogP contribution in [-0.4, -0.2) is 32.1 Å². The highest BCUT2D eigenvalue weighted by atomic mass is 16.5. The van der Waals surface area contributed by atoms with Crippen LogP contribution in [-0.2, 0) is 37.5 Å². The summed E-state index contributed by atoms with van der Waals surface area (Å²) in [6.45, 7) is 9.77. The second kappa shape index (κ2) is 12.5. The highest BCUT2D eigenvalue weighted by Gasteiger charge is 2.37. The van der Waals surface area contributed by atoms with Crippen LogP contribution < -0.4 is 5.32 Å². The first-order valence-electron chi connectivity index (χ1n) is 11.8. The van der Waals surface area contributed by atoms with Gasteiger partial charge in [0.25, 0.3) is 0 Å². The standard InChI is InChI=1S/C28H39NO4/c1-6-32-25(30)19-22-13-15-24(16-14-22)28(4,18-10-17-27(2,3)21-29-5)26(31)33-20-23-11-8-7-9-12-23/h7-9,11-16,29H,6,10,17-21H2,1-5H3. The summed E-state index contributed by atoms with van der Waals surface area (Å²) in [5.41, 5.74) is 2.11. The van der Waals surface area contributed by atoms with Gasteiger partial charge in [-0.25, -0.2) is 0 Å². The smallest absolute Gasteiger partial charge is 0.316 e. The molecule has 2 aromatic carbocycles. The molecular weight excluding hydrogens is 414 g/mol. The number of rotatable bonds is 13. The molecule has 2 aromatic rings. The third-order valence-corrected chi connectivity index (χ3v) is 6.09. The second-order valence-corrected chi connectivity index (χ2v) is 9.62. The zero-order valence-corrected chi connectivity index (χ0v) is 20.8. The fourth-order valence-electron chi connectivity index (χ4n) is 4.10. The molecule has 0 aliphatic heterocycles. The van der Waals surface area contributed by atoms with E-state index in [-0.39, 0.29) is 30.4 Å². The summed E-state index contributed by atoms with van der Waals surface area (Å²) in [4.78, 5) is 25.2. The summed E-state index contributed by atoms with van der Waals surface area (Å²) < 4.78 is 10.8. The van der Waals surface area contributed by atoms with E-state index in [0.29, 0.717) is 13.0 Å². The molecule has 1 unspecified atom stereocenters. The molecule has 0 aliphatic rings. The number of hydrogen-bond acceptors (Lipinski definition) is 5. The van der Waals surface area contributed by atoms with E-state index in [1.54, 1.807) is 6.92 Å². The minimum absolute atomic E-state index is 0.146. The van der Waals surface area contributed by atoms with E-state index in [1.807, 2.05) is 68.6 Å². The van der Waals surface area contributed by atoms with Gasteiger partial charge in [0, 0.05) is 0 Å². The van der Waals surface area contributed by atoms with E-state index < -0.39 is 5.41 Å². The quantitative estimate of drug-likeness (QED) is 0.422. The van der Waals surface area contributed by atoms with Gasteiger partial charge >= 0.3 is 11.9 Å². The van der Waals surface area contributed by atoms with Crippen LogP contribution in [0.25, 0.3) is 0 Å². The molecule has 1 N–H and O–H groups in total. The Labute approximate surface area is 198 Å². The normalized spacial score (nSPS) is 13.2. The van der Waals surface area contributed by atoms with Gasteiger partial charge in [-0.05, 0) is 62.4 Å². The van der Waals surface area contributed by atoms with Crippen LogP contribution in [0.5, 0.6) is 0 Å². The lowest BCUT2D eigenvalue weighted by atomic mass is 9.75. The van der Waals surface area contributed by atoms with Crippen molar-refractivity contribution in [2.75, 3.05) is 20.2 Å². The maximum atomic E-state index is 13.4. The van der Waals surface area contributed by atoms with Crippen LogP contribution >= 0.6 is 0 Å². The Hall–Kier alpha value is -2.66. The molecule has 0 bridgehead atoms. The van der Waals surface area contributed by atoms with E-state index >= 15 is 0 Å². The Morgan fingerprint density at radius 1 is 0.879 bits per heavy atom. The summed E-state index contributed by atoms with van der Waals surface area (Å²) in [6, 6.07) is 17.4. The minimum Gasteiger partial charge on any atom is -0.466 e. The van der Waals surface area contributed by atoms with Crippen molar-refractivity contribution in [3.05, 3.63) is 71.3 Å². The van der Waals surface area contributed by atoms with Crippen LogP contribution in [0, 0.1) is 5.41 Å². The van der Waals surface area contributed by atoms with E-state index in [9.17, 15) is 9.59 Å². The number of hydrogen-bond donors (Lipinski definition) is 1. The molecule has 0 radical (unpaired) electrons. The predicted octanol–water partition coefficient (Wildman–Crippen LogP) is 5.21. The monoisotopic (exact) mass is 453 g/mol. The Kier molecular flexibility index (Phi) is 10.1. The summed E-state index contributed by atoms with van der Waals surface area (Å²) >= 11 is 0. The number of carbonyl (C=O) groups excluding carboxylic acids is 2. The van der Waals surface area contributed by atoms with Gasteiger partial charge in [-0.2, -0.15) is 0 Å². The van der Waals surface area contributed by atoms with Crippen molar-refractivity contribution in [2.24, 2.45) is 5.41 Å². The van der Waals surface area contributed by atoms with Crippen molar-refractivity contribution >= 4 is 11.9 Å². The van der Waals surface area contributed by atoms with Crippen molar-refractivity contribution in [3.63, 3.8) is 0 Å². The van der Waals surface area contributed by atoms with Crippen LogP contribution in [0.2, 0.25) is 0 Å². The predicted molar refractivity (Wildman–Crippen MR) is 132 cm³/mol. The van der Waals surface area contributed by atoms with Gasteiger partial charge in [0.15, 0.2) is 0 Å². The van der Waals surface area contributed by atoms with Gasteiger partial charge in [-0.15, -0.1) is 0 Å². The molecule has 0 aromatic heterocycles. The summed E-state index contributed by atoms with van der Waals surface area (Å²) in [5.74, 6) is -0.474. The molecule has 5 nitrogen and oxygen atoms in total. The van der Waals surface area contributed by atoms with E-state index in [2.05, 4.69) is 19.2 Å². The fraction of sp³-hybridized carbons (Fsp3) is 0.500. The zero-order chi connectivity index (χ0) is 24.3. The summed E-state index contributed by atoms with van der Waals surface area (Å²) in [6.07, 6.45) is 2.80. The van der Waals surface area contributed by atoms with Crippen LogP contribution in [0.1, 0.15) is 63.6 Å². The van der Waals surface area contributed by atoms with E-state index in [1.165, 1.54) is 0 Å². The highest BCUT2D eigenvalue weighted by Crippen LogP contribution is 2.34. The lowest BCUT2D eigenvalue weighted by Gasteiger charge is -2.31. The van der Waals surface area contributed by atoms with Gasteiger partial charge < -0.3 is 14.8 Å². The van der Waals surface area contributed by atoms with E-state index in [4.69, 9.17) is 9.47 Å². The van der Waals surface area contributed by atoms with Crippen molar-refractivity contribution in [1.82, 2.24) is 5.32 Å². The van der Waals surface area contributed by atoms with Crippen molar-refractivity contribution < 1.29 is 19.1 Å². The lowest BCUT2D eigenvalue weighted by molar-refractivity contribution is -0.152. The van der Waals surface area contributed by atoms with Gasteiger partial charge in [0.2, 0.25) is 0 Å². The number of esters is 2. The third kappa shape index (κ3) is 8.32. The number of benzene rings is 2. The lowest BCUT2D eigenvalue weighted by Crippen LogP contribution is -2.35. The first-order valence-corrected chi connectivity index (χ1v) is 11.8. The zero-order valence-electron chi connectivity index (χ0n) is 20.8. The Morgan fingerprint density at radius 3 is 2.15 bits per heavy atom. The van der Waals surface area contributed by atoms with Crippen LogP contribution in [0.4, 0.5) is 0 Å². The largest absolute Gasteiger partial charge is 0.466 e. The maximum Gasteiger partial charge on any atom is 0.316 e. The Balaban J connectivity index is 2.17. The molecule has 0 saturated heterocycles. The number of carbonyl (C=O) groups is 2. The number of ether oxygens (including phenoxy) is 2. The number of nitrogens with one attached hydrogen (secondary N) is 1. The molecule has 33 heavy (non-hydrogen) atoms. The summed E-state index contributed by atoms with van der Waals surface area (Å²) in [7, 11) is 1.96. The summed E-state index contributed by atoms with van der Waals surface area (Å²) in [5, 5.41) is 3.25. The molecule has 0 amide bonds. The first kappa shape index (κ1) is 26.6. The van der Waals surface area contributed by atoms with Crippen molar-refractivity contribution in [3.8, 4) is 0 Å². The second-order valence-electron chi connectivity index (χ2n) is 9.62. The van der Waals surface area contributed by atoms with Crippen molar-refractivity contribution in [1.29, 1.82) is 0 Å². The Morgan fingerprint density at radius 2 is 1.55 bits per heavy atom. The van der Waals surface area contributed by atoms with Crippen LogP contribution in [0.3, 0.4) is 0 Å². The first-order chi connectivity index (χ1) is 15.7. The Bertz CT molecular complexity index is 877. The third-order valence-electron chi connectivity index (χ3n) is 6.09. The van der Waals surface area contributed by atoms with Gasteiger partial charge in [0.1, 0.15) is 6.61 Å². The molecule has 0 saturated carbocycles. The average molecular weight is 454 g/mol. The topological polar surface area (TPSA) is 64.6 Å². The molecule has 2 rings (SSSR count). The SMILES string of the molecule is CCOC(=O)Cc1ccc(C(C)(CCCC(C)(C)CNC)C(=O)OCc2ccccc2)cc1. The highest BCUT2D eigenvalue weighted by molar-refractivity contribution is 5.83. The molecule has 1 atom stereocenters. The minimum atomic E-state index is -0.771. The maximum absolute atomic E-state index is 13.4. The molecule has 0 aliphatic carbocycles.